The zero-order valence-corrected chi connectivity index (χ0v) is 15.5. The Balaban J connectivity index is 1.56. The van der Waals surface area contributed by atoms with Crippen LogP contribution in [0.1, 0.15) is 22.2 Å². The van der Waals surface area contributed by atoms with Crippen LogP contribution < -0.4 is 5.32 Å². The van der Waals surface area contributed by atoms with Crippen LogP contribution >= 0.6 is 23.1 Å². The second kappa shape index (κ2) is 8.09. The van der Waals surface area contributed by atoms with E-state index in [-0.39, 0.29) is 16.7 Å². The van der Waals surface area contributed by atoms with E-state index in [1.54, 1.807) is 0 Å². The van der Waals surface area contributed by atoms with Crippen molar-refractivity contribution in [1.29, 1.82) is 0 Å². The van der Waals surface area contributed by atoms with E-state index in [0.717, 1.165) is 28.5 Å². The van der Waals surface area contributed by atoms with Gasteiger partial charge in [0.15, 0.2) is 0 Å². The molecule has 2 aromatic heterocycles. The van der Waals surface area contributed by atoms with Gasteiger partial charge in [-0.25, -0.2) is 4.98 Å². The first kappa shape index (κ1) is 19.4. The number of hydrogen-bond acceptors (Lipinski definition) is 7. The van der Waals surface area contributed by atoms with Crippen molar-refractivity contribution in [2.24, 2.45) is 0 Å². The Hall–Kier alpha value is -2.40. The van der Waals surface area contributed by atoms with Gasteiger partial charge in [-0.3, -0.25) is 4.79 Å². The van der Waals surface area contributed by atoms with E-state index in [1.165, 1.54) is 29.5 Å². The normalized spacial score (nSPS) is 11.6. The number of thiazole rings is 1. The molecule has 3 aromatic rings. The summed E-state index contributed by atoms with van der Waals surface area (Å²) in [6.07, 6.45) is -4.17. The number of aromatic nitrogens is 3. The lowest BCUT2D eigenvalue weighted by atomic mass is 10.1. The fourth-order valence-electron chi connectivity index (χ4n) is 2.17. The average molecular weight is 414 g/mol. The molecule has 11 heteroatoms. The maximum Gasteiger partial charge on any atom is 0.418 e. The van der Waals surface area contributed by atoms with Crippen LogP contribution in [0.25, 0.3) is 0 Å². The monoisotopic (exact) mass is 414 g/mol. The van der Waals surface area contributed by atoms with Crippen LogP contribution in [0.4, 0.5) is 18.9 Å². The molecule has 3 rings (SSSR count). The molecule has 0 spiro atoms. The van der Waals surface area contributed by atoms with Gasteiger partial charge in [0.05, 0.1) is 34.1 Å². The standard InChI is InChI=1S/C16H13F3N4O2S2/c1-9-20-10(7-26-9)6-14-22-23-15(25-14)27-8-13(24)21-12-5-3-2-4-11(12)16(17,18)19/h2-5,7H,6,8H2,1H3,(H,21,24). The molecule has 1 amide bonds. The van der Waals surface area contributed by atoms with E-state index in [1.807, 2.05) is 12.3 Å². The van der Waals surface area contributed by atoms with Crippen molar-refractivity contribution in [3.63, 3.8) is 0 Å². The summed E-state index contributed by atoms with van der Waals surface area (Å²) >= 11 is 2.46. The lowest BCUT2D eigenvalue weighted by Gasteiger charge is -2.13. The topological polar surface area (TPSA) is 80.9 Å². The number of aryl methyl sites for hydroxylation is 1. The van der Waals surface area contributed by atoms with Crippen molar-refractivity contribution < 1.29 is 22.4 Å². The third-order valence-electron chi connectivity index (χ3n) is 3.28. The summed E-state index contributed by atoms with van der Waals surface area (Å²) in [7, 11) is 0. The van der Waals surface area contributed by atoms with Gasteiger partial charge in [-0.15, -0.1) is 21.5 Å². The van der Waals surface area contributed by atoms with Crippen molar-refractivity contribution in [2.45, 2.75) is 24.7 Å². The molecule has 0 fully saturated rings. The summed E-state index contributed by atoms with van der Waals surface area (Å²) in [6.45, 7) is 1.89. The van der Waals surface area contributed by atoms with Crippen molar-refractivity contribution in [3.8, 4) is 0 Å². The molecule has 27 heavy (non-hydrogen) atoms. The highest BCUT2D eigenvalue weighted by Crippen LogP contribution is 2.34. The maximum absolute atomic E-state index is 12.9. The van der Waals surface area contributed by atoms with E-state index >= 15 is 0 Å². The number of halogens is 3. The predicted octanol–water partition coefficient (Wildman–Crippen LogP) is 4.17. The minimum atomic E-state index is -4.55. The van der Waals surface area contributed by atoms with Gasteiger partial charge >= 0.3 is 6.18 Å². The molecule has 2 heterocycles. The number of thioether (sulfide) groups is 1. The number of para-hydroxylation sites is 1. The van der Waals surface area contributed by atoms with Crippen LogP contribution in [0, 0.1) is 6.92 Å². The summed E-state index contributed by atoms with van der Waals surface area (Å²) in [5.74, 6) is -0.416. The number of rotatable bonds is 6. The summed E-state index contributed by atoms with van der Waals surface area (Å²) in [5, 5.41) is 12.9. The average Bonchev–Trinajstić information content (AvgIpc) is 3.22. The predicted molar refractivity (Wildman–Crippen MR) is 94.8 cm³/mol. The van der Waals surface area contributed by atoms with Crippen molar-refractivity contribution >= 4 is 34.7 Å². The van der Waals surface area contributed by atoms with Gasteiger partial charge in [-0.1, -0.05) is 23.9 Å². The highest BCUT2D eigenvalue weighted by atomic mass is 32.2. The first-order valence-electron chi connectivity index (χ1n) is 7.63. The second-order valence-corrected chi connectivity index (χ2v) is 7.37. The Labute approximate surface area is 160 Å². The van der Waals surface area contributed by atoms with Gasteiger partial charge < -0.3 is 9.73 Å². The zero-order chi connectivity index (χ0) is 19.4. The minimum Gasteiger partial charge on any atom is -0.416 e. The molecule has 0 bridgehead atoms. The van der Waals surface area contributed by atoms with E-state index in [2.05, 4.69) is 20.5 Å². The zero-order valence-electron chi connectivity index (χ0n) is 13.9. The summed E-state index contributed by atoms with van der Waals surface area (Å²) in [6, 6.07) is 4.79. The van der Waals surface area contributed by atoms with Crippen molar-refractivity contribution in [1.82, 2.24) is 15.2 Å². The molecule has 0 aliphatic rings. The SMILES string of the molecule is Cc1nc(Cc2nnc(SCC(=O)Nc3ccccc3C(F)(F)F)o2)cs1. The maximum atomic E-state index is 12.9. The van der Waals surface area contributed by atoms with Crippen LogP contribution in [0.15, 0.2) is 39.3 Å². The minimum absolute atomic E-state index is 0.163. The third kappa shape index (κ3) is 5.30. The largest absolute Gasteiger partial charge is 0.418 e. The van der Waals surface area contributed by atoms with E-state index in [0.29, 0.717) is 12.3 Å². The van der Waals surface area contributed by atoms with Crippen LogP contribution in [0.2, 0.25) is 0 Å². The van der Waals surface area contributed by atoms with Gasteiger partial charge in [-0.05, 0) is 19.1 Å². The highest BCUT2D eigenvalue weighted by Gasteiger charge is 2.33. The molecule has 0 saturated carbocycles. The van der Waals surface area contributed by atoms with Crippen molar-refractivity contribution in [3.05, 3.63) is 51.8 Å². The fraction of sp³-hybridized carbons (Fsp3) is 0.250. The summed E-state index contributed by atoms with van der Waals surface area (Å²) in [4.78, 5) is 16.3. The molecule has 1 N–H and O–H groups in total. The highest BCUT2D eigenvalue weighted by molar-refractivity contribution is 7.99. The Bertz CT molecular complexity index is 940. The molecule has 6 nitrogen and oxygen atoms in total. The molecule has 142 valence electrons. The number of nitrogens with one attached hydrogen (secondary N) is 1. The van der Waals surface area contributed by atoms with Crippen LogP contribution in [-0.4, -0.2) is 26.8 Å². The second-order valence-electron chi connectivity index (χ2n) is 5.38. The van der Waals surface area contributed by atoms with E-state index < -0.39 is 17.6 Å². The number of alkyl halides is 3. The van der Waals surface area contributed by atoms with Gasteiger partial charge in [0.1, 0.15) is 0 Å². The first-order chi connectivity index (χ1) is 12.8. The molecule has 0 unspecified atom stereocenters. The number of carbonyl (C=O) groups is 1. The summed E-state index contributed by atoms with van der Waals surface area (Å²) < 4.78 is 44.2. The van der Waals surface area contributed by atoms with Gasteiger partial charge in [-0.2, -0.15) is 13.2 Å². The van der Waals surface area contributed by atoms with Crippen molar-refractivity contribution in [2.75, 3.05) is 11.1 Å². The molecular formula is C16H13F3N4O2S2. The fourth-order valence-corrected chi connectivity index (χ4v) is 3.36. The molecule has 0 aliphatic heterocycles. The lowest BCUT2D eigenvalue weighted by Crippen LogP contribution is -2.18. The van der Waals surface area contributed by atoms with E-state index in [4.69, 9.17) is 4.42 Å². The Morgan fingerprint density at radius 3 is 2.78 bits per heavy atom. The quantitative estimate of drug-likeness (QED) is 0.610. The van der Waals surface area contributed by atoms with Gasteiger partial charge in [0.25, 0.3) is 5.22 Å². The van der Waals surface area contributed by atoms with Crippen LogP contribution in [0.5, 0.6) is 0 Å². The van der Waals surface area contributed by atoms with E-state index in [9.17, 15) is 18.0 Å². The van der Waals surface area contributed by atoms with Gasteiger partial charge in [0, 0.05) is 5.38 Å². The molecule has 0 radical (unpaired) electrons. The number of hydrogen-bond donors (Lipinski definition) is 1. The lowest BCUT2D eigenvalue weighted by molar-refractivity contribution is -0.137. The summed E-state index contributed by atoms with van der Waals surface area (Å²) in [5.41, 5.74) is -0.387. The van der Waals surface area contributed by atoms with Gasteiger partial charge in [0.2, 0.25) is 11.8 Å². The molecule has 0 saturated heterocycles. The number of anilines is 1. The number of carbonyl (C=O) groups excluding carboxylic acids is 1. The Morgan fingerprint density at radius 2 is 2.07 bits per heavy atom. The first-order valence-corrected chi connectivity index (χ1v) is 9.50. The molecule has 0 aliphatic carbocycles. The third-order valence-corrected chi connectivity index (χ3v) is 4.92. The Kier molecular flexibility index (Phi) is 5.80. The number of nitrogens with zero attached hydrogens (tertiary/aromatic N) is 3. The Morgan fingerprint density at radius 1 is 1.30 bits per heavy atom. The number of benzene rings is 1. The molecule has 0 atom stereocenters. The number of amides is 1. The molecular weight excluding hydrogens is 401 g/mol. The smallest absolute Gasteiger partial charge is 0.416 e. The molecule has 1 aromatic carbocycles. The van der Waals surface area contributed by atoms with Crippen LogP contribution in [-0.2, 0) is 17.4 Å². The van der Waals surface area contributed by atoms with Crippen LogP contribution in [0.3, 0.4) is 0 Å².